The number of Topliss-reactive ketones (excluding diaryl/α,β-unsaturated/α-hetero) is 2. The van der Waals surface area contributed by atoms with E-state index in [1.165, 1.54) is 36.9 Å². The fourth-order valence-electron chi connectivity index (χ4n) is 7.72. The first-order chi connectivity index (χ1) is 18.5. The monoisotopic (exact) mass is 516 g/mol. The first kappa shape index (κ1) is 25.6. The third-order valence-corrected chi connectivity index (χ3v) is 9.90. The molecule has 202 valence electrons. The third-order valence-electron chi connectivity index (χ3n) is 9.90. The van der Waals surface area contributed by atoms with Crippen LogP contribution in [0.2, 0.25) is 0 Å². The summed E-state index contributed by atoms with van der Waals surface area (Å²) in [6.07, 6.45) is 13.8. The molecule has 2 aromatic rings. The summed E-state index contributed by atoms with van der Waals surface area (Å²) in [5, 5.41) is 3.72. The maximum absolute atomic E-state index is 12.5. The van der Waals surface area contributed by atoms with E-state index in [2.05, 4.69) is 28.4 Å². The molecule has 4 fully saturated rings. The van der Waals surface area contributed by atoms with Gasteiger partial charge in [0.05, 0.1) is 11.0 Å². The molecule has 6 rings (SSSR count). The summed E-state index contributed by atoms with van der Waals surface area (Å²) in [6, 6.07) is 10.5. The predicted octanol–water partition coefficient (Wildman–Crippen LogP) is 4.54. The zero-order chi connectivity index (χ0) is 26.1. The van der Waals surface area contributed by atoms with Crippen LogP contribution >= 0.6 is 0 Å². The minimum Gasteiger partial charge on any atom is -0.375 e. The number of piperidine rings is 1. The molecule has 7 nitrogen and oxygen atoms in total. The molecule has 4 heterocycles. The highest BCUT2D eigenvalue weighted by atomic mass is 16.5. The number of anilines is 1. The number of rotatable bonds is 7. The highest BCUT2D eigenvalue weighted by Crippen LogP contribution is 2.49. The van der Waals surface area contributed by atoms with Crippen molar-refractivity contribution in [2.24, 2.45) is 5.41 Å². The number of nitrogens with zero attached hydrogens (tertiary/aromatic N) is 3. The van der Waals surface area contributed by atoms with E-state index in [1.54, 1.807) is 0 Å². The van der Waals surface area contributed by atoms with Crippen LogP contribution < -0.4 is 10.2 Å². The van der Waals surface area contributed by atoms with E-state index in [1.807, 2.05) is 24.5 Å². The second-order valence-corrected chi connectivity index (χ2v) is 12.0. The number of carbonyl (C=O) groups is 2. The number of nitrogens with one attached hydrogen (secondary N) is 1. The number of ether oxygens (including phenoxy) is 1. The number of aromatic nitrogens is 2. The van der Waals surface area contributed by atoms with Crippen LogP contribution in [0.25, 0.3) is 0 Å². The number of carbonyl (C=O) groups excluding carboxylic acids is 2. The standard InChI is InChI=1S/C31H40N4O3/c36-26-8-9-27(37)31(26)13-19-35(20-14-31)28-24(6-5-17-34-28)22-32-18-12-29(25-7-1-4-16-33-25)15-21-38-30(23-29)10-2-3-11-30/h1,4-7,16-17,32H,2-3,8-15,18-23H2. The molecule has 1 atom stereocenters. The number of hydrogen-bond acceptors (Lipinski definition) is 7. The summed E-state index contributed by atoms with van der Waals surface area (Å²) in [4.78, 5) is 36.8. The predicted molar refractivity (Wildman–Crippen MR) is 146 cm³/mol. The Balaban J connectivity index is 1.11. The molecule has 2 spiro atoms. The Morgan fingerprint density at radius 2 is 1.66 bits per heavy atom. The Hall–Kier alpha value is -2.64. The van der Waals surface area contributed by atoms with E-state index >= 15 is 0 Å². The zero-order valence-electron chi connectivity index (χ0n) is 22.4. The Bertz CT molecular complexity index is 1140. The van der Waals surface area contributed by atoms with Crippen molar-refractivity contribution in [1.29, 1.82) is 0 Å². The summed E-state index contributed by atoms with van der Waals surface area (Å²) >= 11 is 0. The molecule has 0 amide bonds. The molecule has 2 aliphatic heterocycles. The summed E-state index contributed by atoms with van der Waals surface area (Å²) in [5.41, 5.74) is 1.72. The molecular weight excluding hydrogens is 476 g/mol. The van der Waals surface area contributed by atoms with Crippen LogP contribution in [0.3, 0.4) is 0 Å². The van der Waals surface area contributed by atoms with Gasteiger partial charge in [-0.25, -0.2) is 4.98 Å². The fraction of sp³-hybridized carbons (Fsp3) is 0.613. The van der Waals surface area contributed by atoms with Gasteiger partial charge in [-0.2, -0.15) is 0 Å². The second-order valence-electron chi connectivity index (χ2n) is 12.0. The second kappa shape index (κ2) is 10.5. The van der Waals surface area contributed by atoms with Gasteiger partial charge in [-0.3, -0.25) is 14.6 Å². The van der Waals surface area contributed by atoms with Crippen LogP contribution in [0.5, 0.6) is 0 Å². The van der Waals surface area contributed by atoms with Gasteiger partial charge in [0.2, 0.25) is 0 Å². The van der Waals surface area contributed by atoms with Gasteiger partial charge in [-0.1, -0.05) is 25.0 Å². The highest BCUT2D eigenvalue weighted by molar-refractivity contribution is 6.13. The average molecular weight is 517 g/mol. The SMILES string of the molecule is O=C1CCC(=O)C12CCN(c1ncccc1CNCCC1(c3ccccn3)CCOC3(CCCC3)C1)CC2. The maximum atomic E-state index is 12.5. The Labute approximate surface area is 225 Å². The summed E-state index contributed by atoms with van der Waals surface area (Å²) < 4.78 is 6.41. The lowest BCUT2D eigenvalue weighted by Gasteiger charge is -2.46. The Morgan fingerprint density at radius 1 is 0.895 bits per heavy atom. The van der Waals surface area contributed by atoms with Crippen LogP contribution in [0.15, 0.2) is 42.7 Å². The normalized spacial score (nSPS) is 26.5. The Morgan fingerprint density at radius 3 is 2.39 bits per heavy atom. The lowest BCUT2D eigenvalue weighted by Crippen LogP contribution is -2.47. The first-order valence-electron chi connectivity index (χ1n) is 14.6. The number of pyridine rings is 2. The van der Waals surface area contributed by atoms with E-state index in [-0.39, 0.29) is 22.6 Å². The quantitative estimate of drug-likeness (QED) is 0.427. The van der Waals surface area contributed by atoms with E-state index in [0.717, 1.165) is 44.8 Å². The van der Waals surface area contributed by atoms with Gasteiger partial charge in [0, 0.05) is 68.1 Å². The summed E-state index contributed by atoms with van der Waals surface area (Å²) in [7, 11) is 0. The number of ketones is 2. The van der Waals surface area contributed by atoms with E-state index < -0.39 is 5.41 Å². The van der Waals surface area contributed by atoms with Crippen LogP contribution in [-0.2, 0) is 26.3 Å². The van der Waals surface area contributed by atoms with Crippen molar-refractivity contribution in [2.45, 2.75) is 88.2 Å². The minimum absolute atomic E-state index is 0.0278. The zero-order valence-corrected chi connectivity index (χ0v) is 22.4. The van der Waals surface area contributed by atoms with E-state index in [4.69, 9.17) is 14.7 Å². The van der Waals surface area contributed by atoms with E-state index in [9.17, 15) is 9.59 Å². The molecule has 2 saturated carbocycles. The smallest absolute Gasteiger partial charge is 0.146 e. The highest BCUT2D eigenvalue weighted by Gasteiger charge is 2.51. The summed E-state index contributed by atoms with van der Waals surface area (Å²) in [5.74, 6) is 1.28. The van der Waals surface area contributed by atoms with Gasteiger partial charge in [0.1, 0.15) is 17.4 Å². The van der Waals surface area contributed by atoms with Crippen molar-refractivity contribution in [1.82, 2.24) is 15.3 Å². The van der Waals surface area contributed by atoms with Crippen LogP contribution in [0, 0.1) is 5.41 Å². The minimum atomic E-state index is -0.718. The largest absolute Gasteiger partial charge is 0.375 e. The van der Waals surface area contributed by atoms with Gasteiger partial charge in [0.15, 0.2) is 0 Å². The van der Waals surface area contributed by atoms with Crippen molar-refractivity contribution in [3.05, 3.63) is 54.0 Å². The molecule has 4 aliphatic rings. The van der Waals surface area contributed by atoms with Crippen molar-refractivity contribution >= 4 is 17.4 Å². The molecule has 0 radical (unpaired) electrons. The van der Waals surface area contributed by atoms with Gasteiger partial charge in [-0.05, 0) is 69.7 Å². The van der Waals surface area contributed by atoms with Crippen molar-refractivity contribution in [3.63, 3.8) is 0 Å². The van der Waals surface area contributed by atoms with Gasteiger partial charge in [-0.15, -0.1) is 0 Å². The molecule has 1 N–H and O–H groups in total. The average Bonchev–Trinajstić information content (AvgIpc) is 3.52. The maximum Gasteiger partial charge on any atom is 0.146 e. The van der Waals surface area contributed by atoms with E-state index in [0.29, 0.717) is 38.8 Å². The molecule has 2 saturated heterocycles. The molecule has 0 bridgehead atoms. The van der Waals surface area contributed by atoms with Crippen molar-refractivity contribution < 1.29 is 14.3 Å². The Kier molecular flexibility index (Phi) is 7.08. The van der Waals surface area contributed by atoms with Crippen LogP contribution in [0.1, 0.15) is 81.9 Å². The number of hydrogen-bond donors (Lipinski definition) is 1. The summed E-state index contributed by atoms with van der Waals surface area (Å²) in [6.45, 7) is 3.85. The lowest BCUT2D eigenvalue weighted by atomic mass is 9.68. The molecule has 2 aliphatic carbocycles. The molecule has 7 heteroatoms. The van der Waals surface area contributed by atoms with Crippen LogP contribution in [0.4, 0.5) is 5.82 Å². The molecule has 1 unspecified atom stereocenters. The van der Waals surface area contributed by atoms with Gasteiger partial charge < -0.3 is 15.0 Å². The topological polar surface area (TPSA) is 84.4 Å². The van der Waals surface area contributed by atoms with Crippen LogP contribution in [-0.4, -0.2) is 53.4 Å². The lowest BCUT2D eigenvalue weighted by molar-refractivity contribution is -0.136. The van der Waals surface area contributed by atoms with Gasteiger partial charge in [0.25, 0.3) is 0 Å². The third kappa shape index (κ3) is 4.68. The molecule has 2 aromatic heterocycles. The first-order valence-corrected chi connectivity index (χ1v) is 14.6. The molecular formula is C31H40N4O3. The molecule has 38 heavy (non-hydrogen) atoms. The van der Waals surface area contributed by atoms with Gasteiger partial charge >= 0.3 is 0 Å². The fourth-order valence-corrected chi connectivity index (χ4v) is 7.72. The molecule has 0 aromatic carbocycles. The van der Waals surface area contributed by atoms with Crippen molar-refractivity contribution in [3.8, 4) is 0 Å². The van der Waals surface area contributed by atoms with Crippen molar-refractivity contribution in [2.75, 3.05) is 31.1 Å².